The lowest BCUT2D eigenvalue weighted by Crippen LogP contribution is -2.15. The summed E-state index contributed by atoms with van der Waals surface area (Å²) in [6.45, 7) is 3.89. The van der Waals surface area contributed by atoms with Crippen LogP contribution in [0.4, 0.5) is 0 Å². The van der Waals surface area contributed by atoms with Gasteiger partial charge in [-0.3, -0.25) is 4.57 Å². The monoisotopic (exact) mass is 322 g/mol. The third-order valence-electron chi connectivity index (χ3n) is 4.01. The number of amidine groups is 1. The summed E-state index contributed by atoms with van der Waals surface area (Å²) in [5.74, 6) is 0.214. The van der Waals surface area contributed by atoms with Gasteiger partial charge >= 0.3 is 0 Å². The van der Waals surface area contributed by atoms with Gasteiger partial charge in [0.25, 0.3) is 0 Å². The fraction of sp³-hybridized carbons (Fsp3) is 0.111. The molecule has 0 spiro atoms. The molecule has 0 aliphatic heterocycles. The molecular formula is C18H18N4O2. The molecule has 0 unspecified atom stereocenters. The Bertz CT molecular complexity index is 953. The number of aromatic hydroxyl groups is 1. The molecule has 24 heavy (non-hydrogen) atoms. The molecule has 4 N–H and O–H groups in total. The first-order chi connectivity index (χ1) is 11.6. The Morgan fingerprint density at radius 2 is 1.96 bits per heavy atom. The van der Waals surface area contributed by atoms with Crippen LogP contribution < -0.4 is 5.73 Å². The van der Waals surface area contributed by atoms with Crippen LogP contribution in [0.2, 0.25) is 0 Å². The zero-order valence-corrected chi connectivity index (χ0v) is 13.4. The molecular weight excluding hydrogens is 304 g/mol. The van der Waals surface area contributed by atoms with E-state index in [0.717, 1.165) is 22.3 Å². The number of aromatic nitrogens is 2. The molecule has 1 aromatic carbocycles. The van der Waals surface area contributed by atoms with Crippen molar-refractivity contribution in [2.75, 3.05) is 0 Å². The zero-order valence-electron chi connectivity index (χ0n) is 13.4. The predicted octanol–water partition coefficient (Wildman–Crippen LogP) is 3.25. The van der Waals surface area contributed by atoms with E-state index in [1.807, 2.05) is 36.6 Å². The average molecular weight is 322 g/mol. The van der Waals surface area contributed by atoms with Gasteiger partial charge in [-0.05, 0) is 55.8 Å². The molecule has 0 saturated heterocycles. The van der Waals surface area contributed by atoms with Gasteiger partial charge in [0.15, 0.2) is 5.84 Å². The Morgan fingerprint density at radius 1 is 1.25 bits per heavy atom. The van der Waals surface area contributed by atoms with Crippen molar-refractivity contribution in [1.82, 2.24) is 9.55 Å². The number of phenolic OH excluding ortho intramolecular Hbond substituents is 1. The van der Waals surface area contributed by atoms with Gasteiger partial charge in [-0.2, -0.15) is 0 Å². The molecule has 0 amide bonds. The van der Waals surface area contributed by atoms with Crippen LogP contribution in [0, 0.1) is 0 Å². The van der Waals surface area contributed by atoms with Crippen molar-refractivity contribution in [1.29, 1.82) is 0 Å². The average Bonchev–Trinajstić information content (AvgIpc) is 2.96. The number of nitrogens with two attached hydrogens (primary N) is 1. The van der Waals surface area contributed by atoms with Crippen molar-refractivity contribution in [3.63, 3.8) is 0 Å². The van der Waals surface area contributed by atoms with E-state index in [1.54, 1.807) is 30.5 Å². The number of fused-ring (bicyclic) bond motifs is 1. The number of hydrogen-bond acceptors (Lipinski definition) is 4. The largest absolute Gasteiger partial charge is 0.508 e. The maximum atomic E-state index is 9.56. The van der Waals surface area contributed by atoms with E-state index < -0.39 is 0 Å². The minimum absolute atomic E-state index is 0.0294. The molecule has 0 radical (unpaired) electrons. The van der Waals surface area contributed by atoms with Crippen LogP contribution >= 0.6 is 0 Å². The van der Waals surface area contributed by atoms with E-state index >= 15 is 0 Å². The molecule has 0 saturated carbocycles. The van der Waals surface area contributed by atoms with Crippen LogP contribution in [0.1, 0.15) is 25.1 Å². The van der Waals surface area contributed by atoms with E-state index in [-0.39, 0.29) is 11.6 Å². The van der Waals surface area contributed by atoms with E-state index in [1.165, 1.54) is 0 Å². The second-order valence-corrected chi connectivity index (χ2v) is 5.41. The summed E-state index contributed by atoms with van der Waals surface area (Å²) in [5.41, 5.74) is 9.87. The van der Waals surface area contributed by atoms with Crippen LogP contribution in [-0.2, 0) is 0 Å². The minimum atomic E-state index is 0.0294. The third-order valence-corrected chi connectivity index (χ3v) is 4.01. The summed E-state index contributed by atoms with van der Waals surface area (Å²) >= 11 is 0. The first-order valence-corrected chi connectivity index (χ1v) is 7.48. The Kier molecular flexibility index (Phi) is 3.95. The fourth-order valence-corrected chi connectivity index (χ4v) is 2.79. The highest BCUT2D eigenvalue weighted by atomic mass is 16.4. The maximum Gasteiger partial charge on any atom is 0.172 e. The highest BCUT2D eigenvalue weighted by Crippen LogP contribution is 2.33. The van der Waals surface area contributed by atoms with Gasteiger partial charge in [-0.15, -0.1) is 0 Å². The molecule has 6 nitrogen and oxygen atoms in total. The number of pyridine rings is 1. The van der Waals surface area contributed by atoms with Gasteiger partial charge in [0, 0.05) is 17.3 Å². The van der Waals surface area contributed by atoms with Crippen molar-refractivity contribution >= 4 is 22.4 Å². The van der Waals surface area contributed by atoms with Crippen molar-refractivity contribution in [2.24, 2.45) is 10.9 Å². The van der Waals surface area contributed by atoms with Gasteiger partial charge < -0.3 is 16.0 Å². The molecule has 0 fully saturated rings. The first kappa shape index (κ1) is 15.6. The molecule has 0 aliphatic rings. The molecule has 0 atom stereocenters. The lowest BCUT2D eigenvalue weighted by molar-refractivity contribution is 0.318. The molecule has 0 aliphatic carbocycles. The Morgan fingerprint density at radius 3 is 2.58 bits per heavy atom. The number of allylic oxidation sites excluding steroid dienone is 2. The first-order valence-electron chi connectivity index (χ1n) is 7.48. The van der Waals surface area contributed by atoms with Gasteiger partial charge in [0.05, 0.1) is 11.3 Å². The summed E-state index contributed by atoms with van der Waals surface area (Å²) in [6, 6.07) is 10.5. The quantitative estimate of drug-likeness (QED) is 0.298. The number of phenols is 1. The van der Waals surface area contributed by atoms with Crippen LogP contribution in [0.15, 0.2) is 53.8 Å². The molecule has 122 valence electrons. The van der Waals surface area contributed by atoms with Gasteiger partial charge in [-0.1, -0.05) is 11.2 Å². The second-order valence-electron chi connectivity index (χ2n) is 5.41. The zero-order chi connectivity index (χ0) is 17.3. The fourth-order valence-electron chi connectivity index (χ4n) is 2.79. The normalized spacial score (nSPS) is 12.8. The van der Waals surface area contributed by atoms with Gasteiger partial charge in [-0.25, -0.2) is 4.98 Å². The Hall–Kier alpha value is -3.28. The smallest absolute Gasteiger partial charge is 0.172 e. The summed E-state index contributed by atoms with van der Waals surface area (Å²) < 4.78 is 1.94. The van der Waals surface area contributed by atoms with E-state index in [2.05, 4.69) is 10.1 Å². The van der Waals surface area contributed by atoms with Crippen molar-refractivity contribution in [3.05, 3.63) is 59.9 Å². The lowest BCUT2D eigenvalue weighted by atomic mass is 10.1. The SMILES string of the molecule is C/C=C(/C)c1c(/C(N)=N/O)c2cccnc2n1-c1ccc(O)cc1. The van der Waals surface area contributed by atoms with Crippen LogP contribution in [-0.4, -0.2) is 25.7 Å². The molecule has 6 heteroatoms. The van der Waals surface area contributed by atoms with Crippen molar-refractivity contribution in [2.45, 2.75) is 13.8 Å². The Balaban J connectivity index is 2.49. The topological polar surface area (TPSA) is 96.7 Å². The van der Waals surface area contributed by atoms with Gasteiger partial charge in [0.2, 0.25) is 0 Å². The van der Waals surface area contributed by atoms with Crippen LogP contribution in [0.3, 0.4) is 0 Å². The third kappa shape index (κ3) is 2.38. The summed E-state index contributed by atoms with van der Waals surface area (Å²) in [5, 5.41) is 22.8. The summed E-state index contributed by atoms with van der Waals surface area (Å²) in [4.78, 5) is 4.48. The van der Waals surface area contributed by atoms with Gasteiger partial charge in [0.1, 0.15) is 11.4 Å². The second kappa shape index (κ2) is 6.08. The van der Waals surface area contributed by atoms with E-state index in [0.29, 0.717) is 11.2 Å². The Labute approximate surface area is 139 Å². The molecule has 3 aromatic rings. The van der Waals surface area contributed by atoms with Crippen molar-refractivity contribution in [3.8, 4) is 11.4 Å². The molecule has 2 aromatic heterocycles. The predicted molar refractivity (Wildman–Crippen MR) is 94.6 cm³/mol. The number of benzene rings is 1. The minimum Gasteiger partial charge on any atom is -0.508 e. The molecule has 0 bridgehead atoms. The van der Waals surface area contributed by atoms with E-state index in [4.69, 9.17) is 5.73 Å². The molecule has 2 heterocycles. The number of hydrogen-bond donors (Lipinski definition) is 3. The number of rotatable bonds is 3. The van der Waals surface area contributed by atoms with E-state index in [9.17, 15) is 10.3 Å². The number of oxime groups is 1. The highest BCUT2D eigenvalue weighted by molar-refractivity contribution is 6.12. The van der Waals surface area contributed by atoms with Crippen LogP contribution in [0.5, 0.6) is 5.75 Å². The van der Waals surface area contributed by atoms with Crippen LogP contribution in [0.25, 0.3) is 22.3 Å². The summed E-state index contributed by atoms with van der Waals surface area (Å²) in [6.07, 6.45) is 3.66. The number of nitrogens with zero attached hydrogens (tertiary/aromatic N) is 3. The summed E-state index contributed by atoms with van der Waals surface area (Å²) in [7, 11) is 0. The van der Waals surface area contributed by atoms with Crippen molar-refractivity contribution < 1.29 is 10.3 Å². The highest BCUT2D eigenvalue weighted by Gasteiger charge is 2.22. The standard InChI is InChI=1S/C18H18N4O2/c1-3-11(2)16-15(17(19)21-24)14-5-4-10-20-18(14)22(16)12-6-8-13(23)9-7-12/h3-10,23-24H,1-2H3,(H2,19,21)/b11-3-. The lowest BCUT2D eigenvalue weighted by Gasteiger charge is -2.12. The molecule has 3 rings (SSSR count). The maximum absolute atomic E-state index is 9.56.